The lowest BCUT2D eigenvalue weighted by Gasteiger charge is -2.12. The molecule has 0 unspecified atom stereocenters. The highest BCUT2D eigenvalue weighted by Crippen LogP contribution is 2.34. The fourth-order valence-corrected chi connectivity index (χ4v) is 3.32. The number of aryl methyl sites for hydroxylation is 1. The Bertz CT molecular complexity index is 982. The van der Waals surface area contributed by atoms with Crippen molar-refractivity contribution in [1.82, 2.24) is 9.97 Å². The summed E-state index contributed by atoms with van der Waals surface area (Å²) in [5.41, 5.74) is 0.866. The van der Waals surface area contributed by atoms with Gasteiger partial charge in [0.05, 0.1) is 11.1 Å². The second-order valence-corrected chi connectivity index (χ2v) is 6.57. The van der Waals surface area contributed by atoms with E-state index in [1.54, 1.807) is 17.7 Å². The van der Waals surface area contributed by atoms with Gasteiger partial charge in [-0.3, -0.25) is 0 Å². The molecule has 0 amide bonds. The normalized spacial score (nSPS) is 10.7. The van der Waals surface area contributed by atoms with E-state index in [4.69, 9.17) is 4.74 Å². The number of hydrogen-bond acceptors (Lipinski definition) is 5. The predicted octanol–water partition coefficient (Wildman–Crippen LogP) is 5.54. The van der Waals surface area contributed by atoms with E-state index in [0.29, 0.717) is 0 Å². The standard InChI is InChI=1S/C19H15N3OS/c1-13-11-15-18(20-12-21-19(15)24-13)22-16-9-5-6-10-17(16)23-14-7-3-2-4-8-14/h2-12H,1H3,(H,20,21,22). The molecule has 0 aliphatic carbocycles. The van der Waals surface area contributed by atoms with E-state index in [0.717, 1.165) is 33.2 Å². The first-order valence-corrected chi connectivity index (χ1v) is 8.41. The van der Waals surface area contributed by atoms with Crippen molar-refractivity contribution in [2.75, 3.05) is 5.32 Å². The van der Waals surface area contributed by atoms with E-state index in [1.807, 2.05) is 54.6 Å². The van der Waals surface area contributed by atoms with Crippen molar-refractivity contribution in [3.05, 3.63) is 71.9 Å². The lowest BCUT2D eigenvalue weighted by molar-refractivity contribution is 0.485. The quantitative estimate of drug-likeness (QED) is 0.533. The summed E-state index contributed by atoms with van der Waals surface area (Å²) in [5, 5.41) is 4.40. The molecule has 4 nitrogen and oxygen atoms in total. The van der Waals surface area contributed by atoms with Gasteiger partial charge in [-0.1, -0.05) is 30.3 Å². The second kappa shape index (κ2) is 6.29. The van der Waals surface area contributed by atoms with E-state index in [2.05, 4.69) is 28.3 Å². The van der Waals surface area contributed by atoms with Crippen LogP contribution >= 0.6 is 11.3 Å². The molecular weight excluding hydrogens is 318 g/mol. The summed E-state index contributed by atoms with van der Waals surface area (Å²) < 4.78 is 6.00. The highest BCUT2D eigenvalue weighted by atomic mass is 32.1. The molecule has 0 radical (unpaired) electrons. The minimum atomic E-state index is 0.752. The Morgan fingerprint density at radius 3 is 2.62 bits per heavy atom. The summed E-state index contributed by atoms with van der Waals surface area (Å²) in [7, 11) is 0. The molecule has 0 spiro atoms. The van der Waals surface area contributed by atoms with E-state index < -0.39 is 0 Å². The third-order valence-corrected chi connectivity index (χ3v) is 4.52. The second-order valence-electron chi connectivity index (χ2n) is 5.33. The molecule has 0 fully saturated rings. The number of benzene rings is 2. The molecule has 4 rings (SSSR count). The van der Waals surface area contributed by atoms with Gasteiger partial charge in [-0.05, 0) is 37.3 Å². The summed E-state index contributed by atoms with van der Waals surface area (Å²) in [6.07, 6.45) is 1.58. The van der Waals surface area contributed by atoms with E-state index in [1.165, 1.54) is 4.88 Å². The number of aromatic nitrogens is 2. The van der Waals surface area contributed by atoms with Gasteiger partial charge < -0.3 is 10.1 Å². The molecule has 0 saturated carbocycles. The molecule has 4 aromatic rings. The van der Waals surface area contributed by atoms with Crippen molar-refractivity contribution in [1.29, 1.82) is 0 Å². The van der Waals surface area contributed by atoms with Crippen LogP contribution in [-0.4, -0.2) is 9.97 Å². The Morgan fingerprint density at radius 1 is 0.958 bits per heavy atom. The number of thiophene rings is 1. The Hall–Kier alpha value is -2.92. The van der Waals surface area contributed by atoms with Gasteiger partial charge in [0.2, 0.25) is 0 Å². The molecule has 2 aromatic carbocycles. The van der Waals surface area contributed by atoms with Crippen LogP contribution in [0.15, 0.2) is 67.0 Å². The van der Waals surface area contributed by atoms with Crippen LogP contribution in [0, 0.1) is 6.92 Å². The van der Waals surface area contributed by atoms with Crippen LogP contribution in [0.3, 0.4) is 0 Å². The van der Waals surface area contributed by atoms with Gasteiger partial charge in [0.25, 0.3) is 0 Å². The first-order valence-electron chi connectivity index (χ1n) is 7.60. The lowest BCUT2D eigenvalue weighted by atomic mass is 10.2. The topological polar surface area (TPSA) is 47.0 Å². The summed E-state index contributed by atoms with van der Waals surface area (Å²) in [5.74, 6) is 2.34. The third kappa shape index (κ3) is 2.94. The Kier molecular flexibility index (Phi) is 3.84. The van der Waals surface area contributed by atoms with Crippen molar-refractivity contribution in [3.63, 3.8) is 0 Å². The molecule has 0 saturated heterocycles. The van der Waals surface area contributed by atoms with Crippen LogP contribution in [0.5, 0.6) is 11.5 Å². The van der Waals surface area contributed by atoms with Gasteiger partial charge in [0.15, 0.2) is 5.75 Å². The number of hydrogen-bond donors (Lipinski definition) is 1. The van der Waals surface area contributed by atoms with Crippen molar-refractivity contribution in [2.45, 2.75) is 6.92 Å². The van der Waals surface area contributed by atoms with E-state index >= 15 is 0 Å². The molecule has 5 heteroatoms. The fourth-order valence-electron chi connectivity index (χ4n) is 2.48. The minimum Gasteiger partial charge on any atom is -0.455 e. The van der Waals surface area contributed by atoms with Gasteiger partial charge in [-0.25, -0.2) is 9.97 Å². The zero-order valence-electron chi connectivity index (χ0n) is 13.1. The Morgan fingerprint density at radius 2 is 1.75 bits per heavy atom. The number of rotatable bonds is 4. The Labute approximate surface area is 143 Å². The van der Waals surface area contributed by atoms with Crippen LogP contribution in [-0.2, 0) is 0 Å². The third-order valence-electron chi connectivity index (χ3n) is 3.56. The molecule has 2 heterocycles. The van der Waals surface area contributed by atoms with Crippen molar-refractivity contribution in [2.24, 2.45) is 0 Å². The Balaban J connectivity index is 1.69. The number of fused-ring (bicyclic) bond motifs is 1. The largest absolute Gasteiger partial charge is 0.455 e. The van der Waals surface area contributed by atoms with Crippen molar-refractivity contribution >= 4 is 33.1 Å². The first kappa shape index (κ1) is 14.7. The summed E-state index contributed by atoms with van der Waals surface area (Å²) in [4.78, 5) is 10.9. The van der Waals surface area contributed by atoms with Gasteiger partial charge in [-0.2, -0.15) is 0 Å². The minimum absolute atomic E-state index is 0.752. The predicted molar refractivity (Wildman–Crippen MR) is 98.4 cm³/mol. The van der Waals surface area contributed by atoms with Crippen LogP contribution in [0.2, 0.25) is 0 Å². The molecule has 0 atom stereocenters. The molecule has 24 heavy (non-hydrogen) atoms. The molecule has 0 bridgehead atoms. The number of nitrogens with zero attached hydrogens (tertiary/aromatic N) is 2. The number of anilines is 2. The molecule has 118 valence electrons. The maximum Gasteiger partial charge on any atom is 0.150 e. The smallest absolute Gasteiger partial charge is 0.150 e. The van der Waals surface area contributed by atoms with Crippen LogP contribution in [0.1, 0.15) is 4.88 Å². The number of ether oxygens (including phenoxy) is 1. The van der Waals surface area contributed by atoms with Crippen molar-refractivity contribution < 1.29 is 4.74 Å². The highest BCUT2D eigenvalue weighted by molar-refractivity contribution is 7.18. The van der Waals surface area contributed by atoms with Gasteiger partial charge in [-0.15, -0.1) is 11.3 Å². The summed E-state index contributed by atoms with van der Waals surface area (Å²) in [6, 6.07) is 19.7. The molecule has 1 N–H and O–H groups in total. The summed E-state index contributed by atoms with van der Waals surface area (Å²) in [6.45, 7) is 2.07. The van der Waals surface area contributed by atoms with Crippen LogP contribution < -0.4 is 10.1 Å². The molecule has 0 aliphatic rings. The molecule has 2 aromatic heterocycles. The van der Waals surface area contributed by atoms with Gasteiger partial charge >= 0.3 is 0 Å². The SMILES string of the molecule is Cc1cc2c(Nc3ccccc3Oc3ccccc3)ncnc2s1. The molecule has 0 aliphatic heterocycles. The highest BCUT2D eigenvalue weighted by Gasteiger charge is 2.10. The number of nitrogens with one attached hydrogen (secondary N) is 1. The first-order chi connectivity index (χ1) is 11.8. The van der Waals surface area contributed by atoms with Gasteiger partial charge in [0, 0.05) is 4.88 Å². The zero-order valence-corrected chi connectivity index (χ0v) is 13.9. The average Bonchev–Trinajstić information content (AvgIpc) is 2.99. The van der Waals surface area contributed by atoms with Gasteiger partial charge in [0.1, 0.15) is 22.7 Å². The maximum atomic E-state index is 6.00. The van der Waals surface area contributed by atoms with E-state index in [-0.39, 0.29) is 0 Å². The van der Waals surface area contributed by atoms with Crippen molar-refractivity contribution in [3.8, 4) is 11.5 Å². The lowest BCUT2D eigenvalue weighted by Crippen LogP contribution is -1.97. The maximum absolute atomic E-state index is 6.00. The van der Waals surface area contributed by atoms with Crippen LogP contribution in [0.25, 0.3) is 10.2 Å². The zero-order chi connectivity index (χ0) is 16.4. The van der Waals surface area contributed by atoms with E-state index in [9.17, 15) is 0 Å². The monoisotopic (exact) mass is 333 g/mol. The van der Waals surface area contributed by atoms with Crippen LogP contribution in [0.4, 0.5) is 11.5 Å². The number of para-hydroxylation sites is 3. The average molecular weight is 333 g/mol. The fraction of sp³-hybridized carbons (Fsp3) is 0.0526. The molecular formula is C19H15N3OS. The summed E-state index contributed by atoms with van der Waals surface area (Å²) >= 11 is 1.66.